The third-order valence-corrected chi connectivity index (χ3v) is 15.2. The first-order valence-electron chi connectivity index (χ1n) is 24.2. The van der Waals surface area contributed by atoms with Gasteiger partial charge in [-0.05, 0) is 122 Å². The van der Waals surface area contributed by atoms with Gasteiger partial charge >= 0.3 is 0 Å². The quantitative estimate of drug-likeness (QED) is 0.166. The van der Waals surface area contributed by atoms with E-state index in [1.165, 1.54) is 77.6 Å². The molecule has 1 aliphatic carbocycles. The van der Waals surface area contributed by atoms with Gasteiger partial charge in [0, 0.05) is 44.2 Å². The molecule has 326 valence electrons. The molecule has 0 amide bonds. The van der Waals surface area contributed by atoms with Gasteiger partial charge in [0.05, 0.1) is 22.1 Å². The molecule has 11 aromatic carbocycles. The first kappa shape index (κ1) is 38.9. The summed E-state index contributed by atoms with van der Waals surface area (Å²) in [5.74, 6) is 0. The molecule has 0 bridgehead atoms. The van der Waals surface area contributed by atoms with Crippen molar-refractivity contribution in [2.45, 2.75) is 5.41 Å². The smallest absolute Gasteiger partial charge is 0.143 e. The van der Waals surface area contributed by atoms with Gasteiger partial charge in [-0.25, -0.2) is 0 Å². The second-order valence-corrected chi connectivity index (χ2v) is 18.7. The Bertz CT molecular complexity index is 4170. The molecule has 0 N–H and O–H groups in total. The van der Waals surface area contributed by atoms with Gasteiger partial charge in [-0.2, -0.15) is 0 Å². The highest BCUT2D eigenvalue weighted by molar-refractivity contribution is 6.13. The molecule has 3 heterocycles. The van der Waals surface area contributed by atoms with Crippen molar-refractivity contribution in [1.29, 1.82) is 0 Å². The van der Waals surface area contributed by atoms with Crippen LogP contribution in [-0.2, 0) is 5.41 Å². The topological polar surface area (TPSA) is 21.3 Å². The predicted molar refractivity (Wildman–Crippen MR) is 290 cm³/mol. The average molecular weight is 891 g/mol. The van der Waals surface area contributed by atoms with Gasteiger partial charge in [-0.3, -0.25) is 0 Å². The molecule has 13 aromatic rings. The van der Waals surface area contributed by atoms with Crippen LogP contribution < -0.4 is 4.90 Å². The largest absolute Gasteiger partial charge is 0.455 e. The third kappa shape index (κ3) is 5.46. The molecule has 2 aromatic heterocycles. The van der Waals surface area contributed by atoms with Crippen molar-refractivity contribution in [1.82, 2.24) is 4.57 Å². The average Bonchev–Trinajstić information content (AvgIpc) is 4.08. The molecular weight excluding hydrogens is 849 g/mol. The van der Waals surface area contributed by atoms with E-state index in [2.05, 4.69) is 252 Å². The van der Waals surface area contributed by atoms with Crippen LogP contribution in [0.5, 0.6) is 0 Å². The number of hydrogen-bond acceptors (Lipinski definition) is 2. The Kier molecular flexibility index (Phi) is 8.28. The molecule has 0 fully saturated rings. The van der Waals surface area contributed by atoms with Crippen molar-refractivity contribution in [2.24, 2.45) is 0 Å². The fourth-order valence-corrected chi connectivity index (χ4v) is 12.2. The Morgan fingerprint density at radius 1 is 0.329 bits per heavy atom. The summed E-state index contributed by atoms with van der Waals surface area (Å²) in [5.41, 5.74) is 23.1. The summed E-state index contributed by atoms with van der Waals surface area (Å²) in [6.07, 6.45) is 0. The monoisotopic (exact) mass is 890 g/mol. The van der Waals surface area contributed by atoms with Gasteiger partial charge in [0.25, 0.3) is 0 Å². The van der Waals surface area contributed by atoms with Crippen molar-refractivity contribution in [3.05, 3.63) is 277 Å². The van der Waals surface area contributed by atoms with E-state index in [4.69, 9.17) is 4.42 Å². The van der Waals surface area contributed by atoms with E-state index in [0.717, 1.165) is 55.7 Å². The minimum atomic E-state index is -0.507. The highest BCUT2D eigenvalue weighted by atomic mass is 16.3. The summed E-state index contributed by atoms with van der Waals surface area (Å²) in [7, 11) is 0. The molecule has 70 heavy (non-hydrogen) atoms. The molecule has 0 radical (unpaired) electrons. The summed E-state index contributed by atoms with van der Waals surface area (Å²) in [6, 6.07) is 93.5. The van der Waals surface area contributed by atoms with Crippen LogP contribution in [0.1, 0.15) is 22.3 Å². The number of furan rings is 1. The van der Waals surface area contributed by atoms with Crippen LogP contribution in [0, 0.1) is 0 Å². The minimum Gasteiger partial charge on any atom is -0.455 e. The summed E-state index contributed by atoms with van der Waals surface area (Å²) in [4.78, 5) is 2.36. The third-order valence-electron chi connectivity index (χ3n) is 15.2. The lowest BCUT2D eigenvalue weighted by atomic mass is 9.65. The molecule has 0 unspecified atom stereocenters. The van der Waals surface area contributed by atoms with E-state index in [9.17, 15) is 0 Å². The highest BCUT2D eigenvalue weighted by Crippen LogP contribution is 2.61. The van der Waals surface area contributed by atoms with Crippen LogP contribution in [0.4, 0.5) is 17.1 Å². The summed E-state index contributed by atoms with van der Waals surface area (Å²) in [6.45, 7) is 0. The van der Waals surface area contributed by atoms with E-state index < -0.39 is 5.41 Å². The Morgan fingerprint density at radius 3 is 1.54 bits per heavy atom. The molecule has 0 saturated heterocycles. The van der Waals surface area contributed by atoms with Crippen LogP contribution in [0.2, 0.25) is 0 Å². The van der Waals surface area contributed by atoms with E-state index >= 15 is 0 Å². The van der Waals surface area contributed by atoms with E-state index in [0.29, 0.717) is 0 Å². The Hall–Kier alpha value is -9.18. The number of hydrogen-bond donors (Lipinski definition) is 0. The molecule has 0 saturated carbocycles. The van der Waals surface area contributed by atoms with Crippen LogP contribution in [0.3, 0.4) is 0 Å². The van der Waals surface area contributed by atoms with Crippen molar-refractivity contribution >= 4 is 60.8 Å². The second kappa shape index (κ2) is 14.9. The molecule has 1 spiro atoms. The zero-order valence-corrected chi connectivity index (χ0v) is 38.1. The van der Waals surface area contributed by atoms with Gasteiger partial charge in [0.15, 0.2) is 0 Å². The standard InChI is InChI=1S/C67H42N2O/c1-2-14-43(15-3-1)44-28-35-48(36-29-44)68(50-39-32-46(33-40-50)51-20-12-22-57-55-19-7-11-27-64(55)70-66(51)57)49-37-30-45(31-38-49)47-34-41-63-61(42-47)67(58-23-8-4-16-52(58)53-17-5-9-24-59(53)67)60-25-13-21-56-54-18-6-10-26-62(54)69(63)65(56)60/h1-42H. The van der Waals surface area contributed by atoms with Gasteiger partial charge in [0.2, 0.25) is 0 Å². The Balaban J connectivity index is 0.874. The Morgan fingerprint density at radius 2 is 0.829 bits per heavy atom. The molecule has 3 heteroatoms. The van der Waals surface area contributed by atoms with E-state index in [1.54, 1.807) is 0 Å². The van der Waals surface area contributed by atoms with Crippen LogP contribution in [-0.4, -0.2) is 4.57 Å². The minimum absolute atomic E-state index is 0.507. The molecular formula is C67H42N2O. The fourth-order valence-electron chi connectivity index (χ4n) is 12.2. The molecule has 3 nitrogen and oxygen atoms in total. The number of anilines is 3. The van der Waals surface area contributed by atoms with Gasteiger partial charge in [0.1, 0.15) is 11.2 Å². The van der Waals surface area contributed by atoms with Crippen molar-refractivity contribution in [2.75, 3.05) is 4.90 Å². The van der Waals surface area contributed by atoms with Crippen LogP contribution in [0.15, 0.2) is 259 Å². The maximum absolute atomic E-state index is 6.47. The van der Waals surface area contributed by atoms with E-state index in [1.807, 2.05) is 12.1 Å². The molecule has 0 atom stereocenters. The lowest BCUT2D eigenvalue weighted by molar-refractivity contribution is 0.670. The second-order valence-electron chi connectivity index (χ2n) is 18.7. The molecule has 1 aliphatic heterocycles. The van der Waals surface area contributed by atoms with Gasteiger partial charge < -0.3 is 13.9 Å². The zero-order valence-electron chi connectivity index (χ0n) is 38.1. The normalized spacial score (nSPS) is 13.0. The van der Waals surface area contributed by atoms with Crippen LogP contribution in [0.25, 0.3) is 93.9 Å². The number of benzene rings is 11. The highest BCUT2D eigenvalue weighted by Gasteiger charge is 2.50. The first-order chi connectivity index (χ1) is 34.7. The predicted octanol–water partition coefficient (Wildman–Crippen LogP) is 17.8. The fraction of sp³-hybridized carbons (Fsp3) is 0.0149. The summed E-state index contributed by atoms with van der Waals surface area (Å²) < 4.78 is 9.00. The number of aromatic nitrogens is 1. The molecule has 15 rings (SSSR count). The van der Waals surface area contributed by atoms with Gasteiger partial charge in [-0.15, -0.1) is 0 Å². The van der Waals surface area contributed by atoms with Crippen molar-refractivity contribution in [3.63, 3.8) is 0 Å². The van der Waals surface area contributed by atoms with Crippen LogP contribution >= 0.6 is 0 Å². The first-order valence-corrected chi connectivity index (χ1v) is 24.2. The number of rotatable bonds is 6. The number of para-hydroxylation sites is 4. The lowest BCUT2D eigenvalue weighted by Crippen LogP contribution is -2.33. The zero-order chi connectivity index (χ0) is 45.9. The number of nitrogens with zero attached hydrogens (tertiary/aromatic N) is 2. The van der Waals surface area contributed by atoms with E-state index in [-0.39, 0.29) is 0 Å². The molecule has 2 aliphatic rings. The van der Waals surface area contributed by atoms with Gasteiger partial charge in [-0.1, -0.05) is 194 Å². The maximum atomic E-state index is 6.47. The lowest BCUT2D eigenvalue weighted by Gasteiger charge is -2.40. The maximum Gasteiger partial charge on any atom is 0.143 e. The van der Waals surface area contributed by atoms with Crippen molar-refractivity contribution < 1.29 is 4.42 Å². The summed E-state index contributed by atoms with van der Waals surface area (Å²) in [5, 5.41) is 4.83. The number of fused-ring (bicyclic) bond motifs is 15. The van der Waals surface area contributed by atoms with Crippen molar-refractivity contribution in [3.8, 4) is 50.2 Å². The SMILES string of the molecule is c1ccc(-c2ccc(N(c3ccc(-c4ccc5c(c4)C4(c6ccccc6-c6ccccc64)c4cccc6c7ccccc7n-5c46)cc3)c3ccc(-c4cccc5c4oc4ccccc45)cc3)cc2)cc1. The Labute approximate surface area is 405 Å². The summed E-state index contributed by atoms with van der Waals surface area (Å²) >= 11 is 0.